The topological polar surface area (TPSA) is 194 Å². The molecule has 1 saturated heterocycles. The maximum Gasteiger partial charge on any atom is 0.405 e. The maximum absolute atomic E-state index is 14.5. The molecule has 0 aliphatic carbocycles. The van der Waals surface area contributed by atoms with Crippen molar-refractivity contribution in [3.05, 3.63) is 120 Å². The Labute approximate surface area is 351 Å². The van der Waals surface area contributed by atoms with Crippen LogP contribution in [-0.2, 0) is 33.8 Å². The van der Waals surface area contributed by atoms with E-state index in [1.54, 1.807) is 33.0 Å². The van der Waals surface area contributed by atoms with Gasteiger partial charge in [0, 0.05) is 23.5 Å². The first kappa shape index (κ1) is 44.9. The SMILES string of the molecule is CCC(C)[C@@H](C(=O)N[C@@H](Cc1ccccc1)C[C@@H](O)[C@H](Cc1ccc(-c2ccccn2)cc1)NC(=O)[C@@H](NC(=O)O)C(C)(C)C)N1CC(=O)N(Cc2cccc(C)n2)C1=O. The van der Waals surface area contributed by atoms with Crippen molar-refractivity contribution in [3.8, 4) is 11.3 Å². The van der Waals surface area contributed by atoms with Gasteiger partial charge in [0.2, 0.25) is 11.8 Å². The summed E-state index contributed by atoms with van der Waals surface area (Å²) in [5.41, 5.74) is 3.83. The molecule has 4 aromatic rings. The minimum atomic E-state index is -1.36. The third-order valence-electron chi connectivity index (χ3n) is 10.9. The van der Waals surface area contributed by atoms with Crippen LogP contribution in [-0.4, -0.2) is 96.6 Å². The fourth-order valence-corrected chi connectivity index (χ4v) is 7.49. The number of pyridine rings is 2. The van der Waals surface area contributed by atoms with Crippen molar-refractivity contribution in [3.63, 3.8) is 0 Å². The van der Waals surface area contributed by atoms with E-state index >= 15 is 0 Å². The molecule has 5 N–H and O–H groups in total. The Kier molecular flexibility index (Phi) is 15.1. The van der Waals surface area contributed by atoms with Gasteiger partial charge in [0.1, 0.15) is 18.6 Å². The Morgan fingerprint density at radius 1 is 0.833 bits per heavy atom. The quantitative estimate of drug-likeness (QED) is 0.0804. The number of aliphatic hydroxyl groups excluding tert-OH is 1. The normalized spacial score (nSPS) is 16.1. The van der Waals surface area contributed by atoms with Gasteiger partial charge in [-0.1, -0.05) is 108 Å². The fourth-order valence-electron chi connectivity index (χ4n) is 7.49. The molecule has 0 bridgehead atoms. The molecule has 2 aromatic heterocycles. The van der Waals surface area contributed by atoms with Crippen LogP contribution in [0.25, 0.3) is 11.3 Å². The number of nitrogens with zero attached hydrogens (tertiary/aromatic N) is 4. The first-order valence-corrected chi connectivity index (χ1v) is 20.4. The van der Waals surface area contributed by atoms with Gasteiger partial charge in [0.05, 0.1) is 30.1 Å². The van der Waals surface area contributed by atoms with Crippen LogP contribution >= 0.6 is 0 Å². The standard InChI is InChI=1S/C46H57N7O7/c1-7-29(2)40(53-28-39(55)52(45(53)60)27-34-17-13-14-30(3)48-34)42(56)49-35(24-31-15-9-8-10-16-31)26-38(54)37(50-43(57)41(46(4,5)6)51-44(58)59)25-32-19-21-33(22-20-32)36-18-11-12-23-47-36/h8-23,29,35,37-38,40-41,51,54H,7,24-28H2,1-6H3,(H,49,56)(H,50,57)(H,58,59)/t29?,35-,37-,38+,40-,41+/m0/s1. The lowest BCUT2D eigenvalue weighted by atomic mass is 9.85. The van der Waals surface area contributed by atoms with E-state index in [0.717, 1.165) is 33.0 Å². The predicted octanol–water partition coefficient (Wildman–Crippen LogP) is 5.52. The zero-order valence-electron chi connectivity index (χ0n) is 35.2. The number of amides is 6. The van der Waals surface area contributed by atoms with Crippen LogP contribution in [0, 0.1) is 18.3 Å². The number of aromatic nitrogens is 2. The molecule has 5 rings (SSSR count). The first-order chi connectivity index (χ1) is 28.5. The fraction of sp³-hybridized carbons (Fsp3) is 0.413. The number of aliphatic hydroxyl groups is 1. The van der Waals surface area contributed by atoms with Crippen molar-refractivity contribution >= 4 is 29.8 Å². The third kappa shape index (κ3) is 12.0. The van der Waals surface area contributed by atoms with Crippen LogP contribution in [0.15, 0.2) is 97.2 Å². The molecule has 318 valence electrons. The van der Waals surface area contributed by atoms with E-state index in [1.165, 1.54) is 4.90 Å². The van der Waals surface area contributed by atoms with E-state index in [9.17, 15) is 34.2 Å². The van der Waals surface area contributed by atoms with Crippen LogP contribution in [0.4, 0.5) is 9.59 Å². The summed E-state index contributed by atoms with van der Waals surface area (Å²) in [7, 11) is 0. The van der Waals surface area contributed by atoms with Crippen LogP contribution in [0.3, 0.4) is 0 Å². The summed E-state index contributed by atoms with van der Waals surface area (Å²) in [5.74, 6) is -1.85. The Morgan fingerprint density at radius 3 is 2.13 bits per heavy atom. The van der Waals surface area contributed by atoms with Crippen LogP contribution in [0.5, 0.6) is 0 Å². The van der Waals surface area contributed by atoms with Crippen LogP contribution < -0.4 is 16.0 Å². The molecule has 1 aliphatic heterocycles. The number of hydrogen-bond donors (Lipinski definition) is 5. The molecule has 2 aromatic carbocycles. The lowest BCUT2D eigenvalue weighted by molar-refractivity contribution is -0.129. The number of hydrogen-bond acceptors (Lipinski definition) is 8. The lowest BCUT2D eigenvalue weighted by Gasteiger charge is -2.34. The number of aryl methyl sites for hydroxylation is 1. The second-order valence-corrected chi connectivity index (χ2v) is 16.7. The van der Waals surface area contributed by atoms with Gasteiger partial charge < -0.3 is 31.1 Å². The zero-order valence-corrected chi connectivity index (χ0v) is 35.2. The van der Waals surface area contributed by atoms with Crippen molar-refractivity contribution in [2.24, 2.45) is 11.3 Å². The second kappa shape index (κ2) is 20.2. The highest BCUT2D eigenvalue weighted by Gasteiger charge is 2.45. The summed E-state index contributed by atoms with van der Waals surface area (Å²) in [6.07, 6.45) is 0.110. The molecule has 0 saturated carbocycles. The largest absolute Gasteiger partial charge is 0.465 e. The highest BCUT2D eigenvalue weighted by molar-refractivity contribution is 6.04. The van der Waals surface area contributed by atoms with Gasteiger partial charge in [-0.05, 0) is 72.9 Å². The number of urea groups is 1. The average molecular weight is 820 g/mol. The van der Waals surface area contributed by atoms with E-state index in [1.807, 2.05) is 106 Å². The molecule has 1 unspecified atom stereocenters. The molecule has 14 heteroatoms. The highest BCUT2D eigenvalue weighted by Crippen LogP contribution is 2.25. The van der Waals surface area contributed by atoms with Crippen molar-refractivity contribution in [2.75, 3.05) is 6.54 Å². The van der Waals surface area contributed by atoms with Crippen molar-refractivity contribution in [1.29, 1.82) is 0 Å². The monoisotopic (exact) mass is 819 g/mol. The number of nitrogens with one attached hydrogen (secondary N) is 3. The van der Waals surface area contributed by atoms with E-state index in [2.05, 4.69) is 25.9 Å². The molecule has 0 spiro atoms. The number of carboxylic acid groups (broad SMARTS) is 1. The predicted molar refractivity (Wildman–Crippen MR) is 227 cm³/mol. The number of carbonyl (C=O) groups is 5. The minimum absolute atomic E-state index is 0.0185. The molecule has 60 heavy (non-hydrogen) atoms. The third-order valence-corrected chi connectivity index (χ3v) is 10.9. The summed E-state index contributed by atoms with van der Waals surface area (Å²) >= 11 is 0. The lowest BCUT2D eigenvalue weighted by Crippen LogP contribution is -2.58. The summed E-state index contributed by atoms with van der Waals surface area (Å²) in [6, 6.07) is 23.7. The number of imide groups is 1. The van der Waals surface area contributed by atoms with Gasteiger partial charge in [0.15, 0.2) is 0 Å². The van der Waals surface area contributed by atoms with Gasteiger partial charge in [0.25, 0.3) is 5.91 Å². The molecule has 0 radical (unpaired) electrons. The Balaban J connectivity index is 1.42. The molecule has 1 fully saturated rings. The van der Waals surface area contributed by atoms with E-state index in [0.29, 0.717) is 18.5 Å². The Hall–Kier alpha value is -6.15. The molecular formula is C46H57N7O7. The first-order valence-electron chi connectivity index (χ1n) is 20.4. The summed E-state index contributed by atoms with van der Waals surface area (Å²) in [5, 5.41) is 30.1. The number of carbonyl (C=O) groups excluding carboxylic acids is 4. The minimum Gasteiger partial charge on any atom is -0.465 e. The van der Waals surface area contributed by atoms with Crippen LogP contribution in [0.2, 0.25) is 0 Å². The molecule has 3 heterocycles. The summed E-state index contributed by atoms with van der Waals surface area (Å²) < 4.78 is 0. The Morgan fingerprint density at radius 2 is 1.52 bits per heavy atom. The number of rotatable bonds is 18. The van der Waals surface area contributed by atoms with E-state index in [-0.39, 0.29) is 31.8 Å². The highest BCUT2D eigenvalue weighted by atomic mass is 16.4. The van der Waals surface area contributed by atoms with Gasteiger partial charge in [-0.3, -0.25) is 29.3 Å². The number of benzene rings is 2. The summed E-state index contributed by atoms with van der Waals surface area (Å²) in [4.78, 5) is 78.7. The van der Waals surface area contributed by atoms with E-state index < -0.39 is 65.5 Å². The van der Waals surface area contributed by atoms with Crippen molar-refractivity contribution in [2.45, 2.75) is 104 Å². The molecule has 14 nitrogen and oxygen atoms in total. The maximum atomic E-state index is 14.5. The van der Waals surface area contributed by atoms with Gasteiger partial charge in [-0.25, -0.2) is 9.59 Å². The van der Waals surface area contributed by atoms with E-state index in [4.69, 9.17) is 0 Å². The molecule has 6 amide bonds. The Bertz CT molecular complexity index is 2090. The molecular weight excluding hydrogens is 763 g/mol. The van der Waals surface area contributed by atoms with Crippen molar-refractivity contribution < 1.29 is 34.2 Å². The smallest absolute Gasteiger partial charge is 0.405 e. The van der Waals surface area contributed by atoms with Crippen LogP contribution in [0.1, 0.15) is 70.0 Å². The van der Waals surface area contributed by atoms with Gasteiger partial charge in [-0.15, -0.1) is 0 Å². The summed E-state index contributed by atoms with van der Waals surface area (Å²) in [6.45, 7) is 10.5. The average Bonchev–Trinajstić information content (AvgIpc) is 3.47. The second-order valence-electron chi connectivity index (χ2n) is 16.7. The molecule has 1 aliphatic rings. The zero-order chi connectivity index (χ0) is 43.6. The van der Waals surface area contributed by atoms with Crippen molar-refractivity contribution in [1.82, 2.24) is 35.7 Å². The molecule has 6 atom stereocenters. The van der Waals surface area contributed by atoms with Gasteiger partial charge in [-0.2, -0.15) is 0 Å². The van der Waals surface area contributed by atoms with Gasteiger partial charge >= 0.3 is 12.1 Å².